The molecule has 15 heavy (non-hydrogen) atoms. The Morgan fingerprint density at radius 1 is 1.40 bits per heavy atom. The molecule has 2 nitrogen and oxygen atoms in total. The zero-order valence-electron chi connectivity index (χ0n) is 9.60. The van der Waals surface area contributed by atoms with Crippen molar-refractivity contribution in [1.82, 2.24) is 10.6 Å². The second-order valence-corrected chi connectivity index (χ2v) is 4.79. The van der Waals surface area contributed by atoms with Gasteiger partial charge in [0.25, 0.3) is 0 Å². The van der Waals surface area contributed by atoms with Gasteiger partial charge >= 0.3 is 0 Å². The van der Waals surface area contributed by atoms with Crippen LogP contribution in [-0.2, 0) is 6.54 Å². The van der Waals surface area contributed by atoms with Gasteiger partial charge in [0.15, 0.2) is 0 Å². The summed E-state index contributed by atoms with van der Waals surface area (Å²) in [6.07, 6.45) is 0. The molecule has 0 aliphatic carbocycles. The second kappa shape index (κ2) is 6.26. The smallest absolute Gasteiger partial charge is 0.0220 e. The molecule has 0 amide bonds. The van der Waals surface area contributed by atoms with Gasteiger partial charge in [-0.1, -0.05) is 33.6 Å². The van der Waals surface area contributed by atoms with E-state index >= 15 is 0 Å². The quantitative estimate of drug-likeness (QED) is 0.859. The average molecular weight is 271 g/mol. The molecule has 2 N–H and O–H groups in total. The van der Waals surface area contributed by atoms with E-state index in [9.17, 15) is 0 Å². The Balaban J connectivity index is 2.53. The lowest BCUT2D eigenvalue weighted by Gasteiger charge is -2.14. The van der Waals surface area contributed by atoms with Gasteiger partial charge in [0.2, 0.25) is 0 Å². The molecule has 1 unspecified atom stereocenters. The zero-order valence-corrected chi connectivity index (χ0v) is 11.2. The molecule has 0 bridgehead atoms. The van der Waals surface area contributed by atoms with E-state index in [1.165, 1.54) is 15.6 Å². The van der Waals surface area contributed by atoms with Crippen molar-refractivity contribution in [2.24, 2.45) is 0 Å². The van der Waals surface area contributed by atoms with Gasteiger partial charge in [0.1, 0.15) is 0 Å². The van der Waals surface area contributed by atoms with Gasteiger partial charge in [-0.05, 0) is 32.5 Å². The first kappa shape index (κ1) is 12.7. The Labute approximate surface area is 101 Å². The molecule has 0 aromatic heterocycles. The summed E-state index contributed by atoms with van der Waals surface area (Å²) in [5.74, 6) is 0. The van der Waals surface area contributed by atoms with Crippen LogP contribution in [0.25, 0.3) is 0 Å². The van der Waals surface area contributed by atoms with Crippen LogP contribution in [0.5, 0.6) is 0 Å². The maximum atomic E-state index is 3.56. The highest BCUT2D eigenvalue weighted by Gasteiger charge is 2.03. The van der Waals surface area contributed by atoms with E-state index in [-0.39, 0.29) is 0 Å². The van der Waals surface area contributed by atoms with Crippen molar-refractivity contribution in [3.05, 3.63) is 33.8 Å². The van der Waals surface area contributed by atoms with E-state index in [0.717, 1.165) is 13.1 Å². The Morgan fingerprint density at radius 2 is 2.13 bits per heavy atom. The first-order valence-corrected chi connectivity index (χ1v) is 6.05. The van der Waals surface area contributed by atoms with E-state index < -0.39 is 0 Å². The Bertz CT molecular complexity index is 312. The summed E-state index contributed by atoms with van der Waals surface area (Å²) in [7, 11) is 1.97. The standard InChI is InChI=1S/C12H19BrN2/c1-9-4-5-12(13)11(6-9)8-15-10(2)7-14-3/h4-6,10,14-15H,7-8H2,1-3H3. The molecule has 1 atom stereocenters. The molecular weight excluding hydrogens is 252 g/mol. The van der Waals surface area contributed by atoms with Gasteiger partial charge in [0, 0.05) is 23.6 Å². The second-order valence-electron chi connectivity index (χ2n) is 3.93. The van der Waals surface area contributed by atoms with Gasteiger partial charge in [0.05, 0.1) is 0 Å². The minimum absolute atomic E-state index is 0.488. The maximum Gasteiger partial charge on any atom is 0.0220 e. The minimum atomic E-state index is 0.488. The summed E-state index contributed by atoms with van der Waals surface area (Å²) < 4.78 is 1.18. The molecule has 0 aliphatic heterocycles. The largest absolute Gasteiger partial charge is 0.318 e. The van der Waals surface area contributed by atoms with E-state index in [1.54, 1.807) is 0 Å². The molecule has 1 aromatic carbocycles. The molecule has 0 fully saturated rings. The SMILES string of the molecule is CNCC(C)NCc1cc(C)ccc1Br. The van der Waals surface area contributed by atoms with Crippen molar-refractivity contribution in [2.45, 2.75) is 26.4 Å². The lowest BCUT2D eigenvalue weighted by molar-refractivity contribution is 0.522. The summed E-state index contributed by atoms with van der Waals surface area (Å²) >= 11 is 3.56. The van der Waals surface area contributed by atoms with Gasteiger partial charge < -0.3 is 10.6 Å². The Morgan fingerprint density at radius 3 is 2.80 bits per heavy atom. The first-order valence-electron chi connectivity index (χ1n) is 5.26. The topological polar surface area (TPSA) is 24.1 Å². The van der Waals surface area contributed by atoms with Crippen LogP contribution in [-0.4, -0.2) is 19.6 Å². The molecule has 0 saturated carbocycles. The number of hydrogen-bond acceptors (Lipinski definition) is 2. The molecule has 1 aromatic rings. The minimum Gasteiger partial charge on any atom is -0.318 e. The van der Waals surface area contributed by atoms with Crippen molar-refractivity contribution >= 4 is 15.9 Å². The predicted molar refractivity (Wildman–Crippen MR) is 69.1 cm³/mol. The Kier molecular flexibility index (Phi) is 5.29. The van der Waals surface area contributed by atoms with E-state index in [4.69, 9.17) is 0 Å². The highest BCUT2D eigenvalue weighted by molar-refractivity contribution is 9.10. The molecule has 0 heterocycles. The van der Waals surface area contributed by atoms with Crippen LogP contribution in [0.3, 0.4) is 0 Å². The van der Waals surface area contributed by atoms with Crippen LogP contribution in [0.1, 0.15) is 18.1 Å². The number of aryl methyl sites for hydroxylation is 1. The van der Waals surface area contributed by atoms with Crippen LogP contribution in [0.4, 0.5) is 0 Å². The fourth-order valence-corrected chi connectivity index (χ4v) is 1.89. The highest BCUT2D eigenvalue weighted by atomic mass is 79.9. The van der Waals surface area contributed by atoms with Crippen LogP contribution in [0.15, 0.2) is 22.7 Å². The van der Waals surface area contributed by atoms with Crippen molar-refractivity contribution in [2.75, 3.05) is 13.6 Å². The van der Waals surface area contributed by atoms with Crippen LogP contribution in [0.2, 0.25) is 0 Å². The molecule has 3 heteroatoms. The normalized spacial score (nSPS) is 12.8. The van der Waals surface area contributed by atoms with Crippen LogP contribution >= 0.6 is 15.9 Å². The van der Waals surface area contributed by atoms with Crippen molar-refractivity contribution in [3.8, 4) is 0 Å². The summed E-state index contributed by atoms with van der Waals surface area (Å²) in [4.78, 5) is 0. The molecule has 0 aliphatic rings. The van der Waals surface area contributed by atoms with Crippen molar-refractivity contribution in [3.63, 3.8) is 0 Å². The van der Waals surface area contributed by atoms with Crippen LogP contribution in [0, 0.1) is 6.92 Å². The first-order chi connectivity index (χ1) is 7.13. The molecule has 84 valence electrons. The van der Waals surface area contributed by atoms with Crippen molar-refractivity contribution in [1.29, 1.82) is 0 Å². The summed E-state index contributed by atoms with van der Waals surface area (Å²) in [5, 5.41) is 6.63. The van der Waals surface area contributed by atoms with Gasteiger partial charge in [-0.3, -0.25) is 0 Å². The maximum absolute atomic E-state index is 3.56. The van der Waals surface area contributed by atoms with Crippen LogP contribution < -0.4 is 10.6 Å². The number of halogens is 1. The third-order valence-corrected chi connectivity index (χ3v) is 3.13. The fraction of sp³-hybridized carbons (Fsp3) is 0.500. The lowest BCUT2D eigenvalue weighted by Crippen LogP contribution is -2.34. The van der Waals surface area contributed by atoms with Gasteiger partial charge in [-0.25, -0.2) is 0 Å². The number of likely N-dealkylation sites (N-methyl/N-ethyl adjacent to an activating group) is 1. The Hall–Kier alpha value is -0.380. The summed E-state index contributed by atoms with van der Waals surface area (Å²) in [5.41, 5.74) is 2.62. The molecule has 0 saturated heterocycles. The number of benzene rings is 1. The third-order valence-electron chi connectivity index (χ3n) is 2.35. The number of nitrogens with one attached hydrogen (secondary N) is 2. The third kappa shape index (κ3) is 4.33. The fourth-order valence-electron chi connectivity index (χ4n) is 1.50. The molecule has 0 radical (unpaired) electrons. The number of rotatable bonds is 5. The monoisotopic (exact) mass is 270 g/mol. The van der Waals surface area contributed by atoms with Crippen molar-refractivity contribution < 1.29 is 0 Å². The predicted octanol–water partition coefficient (Wildman–Crippen LogP) is 2.46. The molecule has 0 spiro atoms. The summed E-state index contributed by atoms with van der Waals surface area (Å²) in [6, 6.07) is 6.92. The molecular formula is C12H19BrN2. The number of hydrogen-bond donors (Lipinski definition) is 2. The summed E-state index contributed by atoms with van der Waals surface area (Å²) in [6.45, 7) is 6.20. The molecule has 1 rings (SSSR count). The lowest BCUT2D eigenvalue weighted by atomic mass is 10.1. The van der Waals surface area contributed by atoms with Gasteiger partial charge in [-0.2, -0.15) is 0 Å². The van der Waals surface area contributed by atoms with E-state index in [1.807, 2.05) is 7.05 Å². The van der Waals surface area contributed by atoms with E-state index in [0.29, 0.717) is 6.04 Å². The average Bonchev–Trinajstić information content (AvgIpc) is 2.20. The highest BCUT2D eigenvalue weighted by Crippen LogP contribution is 2.17. The zero-order chi connectivity index (χ0) is 11.3. The van der Waals surface area contributed by atoms with E-state index in [2.05, 4.69) is 58.6 Å². The van der Waals surface area contributed by atoms with Gasteiger partial charge in [-0.15, -0.1) is 0 Å².